The van der Waals surface area contributed by atoms with Crippen molar-refractivity contribution < 1.29 is 9.47 Å². The average Bonchev–Trinajstić information content (AvgIpc) is 2.89. The molecule has 1 aliphatic carbocycles. The Kier molecular flexibility index (Phi) is 8.94. The van der Waals surface area contributed by atoms with E-state index in [0.717, 1.165) is 34.4 Å². The summed E-state index contributed by atoms with van der Waals surface area (Å²) in [7, 11) is 0. The van der Waals surface area contributed by atoms with Gasteiger partial charge in [0, 0.05) is 11.4 Å². The van der Waals surface area contributed by atoms with Gasteiger partial charge in [0.05, 0.1) is 0 Å². The SMILES string of the molecule is CCCCCC1CCC(c2ccc(C(COc3ccc(N)cc3)Oc3ccc(N)cc3)cc2)CC1. The summed E-state index contributed by atoms with van der Waals surface area (Å²) in [5.41, 5.74) is 15.7. The first-order valence-electron chi connectivity index (χ1n) is 13.2. The molecular formula is C31H40N2O2. The van der Waals surface area contributed by atoms with Crippen molar-refractivity contribution in [1.82, 2.24) is 0 Å². The number of rotatable bonds is 11. The molecule has 0 aromatic heterocycles. The summed E-state index contributed by atoms with van der Waals surface area (Å²) in [6, 6.07) is 24.0. The van der Waals surface area contributed by atoms with E-state index in [1.54, 1.807) is 0 Å². The number of ether oxygens (including phenoxy) is 2. The Morgan fingerprint density at radius 3 is 1.94 bits per heavy atom. The summed E-state index contributed by atoms with van der Waals surface area (Å²) in [6.45, 7) is 2.69. The quantitative estimate of drug-likeness (QED) is 0.220. The normalized spacial score (nSPS) is 18.7. The van der Waals surface area contributed by atoms with Crippen molar-refractivity contribution in [2.75, 3.05) is 18.1 Å². The zero-order valence-electron chi connectivity index (χ0n) is 21.0. The molecule has 4 heteroatoms. The van der Waals surface area contributed by atoms with Crippen LogP contribution in [0.15, 0.2) is 72.8 Å². The highest BCUT2D eigenvalue weighted by atomic mass is 16.5. The van der Waals surface area contributed by atoms with Gasteiger partial charge in [0.25, 0.3) is 0 Å². The topological polar surface area (TPSA) is 70.5 Å². The number of hydrogen-bond acceptors (Lipinski definition) is 4. The molecule has 0 spiro atoms. The fraction of sp³-hybridized carbons (Fsp3) is 0.419. The molecular weight excluding hydrogens is 432 g/mol. The van der Waals surface area contributed by atoms with Crippen LogP contribution in [-0.4, -0.2) is 6.61 Å². The maximum Gasteiger partial charge on any atom is 0.158 e. The molecule has 4 N–H and O–H groups in total. The maximum absolute atomic E-state index is 6.34. The molecule has 1 saturated carbocycles. The molecule has 1 unspecified atom stereocenters. The van der Waals surface area contributed by atoms with Crippen LogP contribution in [0.25, 0.3) is 0 Å². The molecule has 3 aromatic rings. The summed E-state index contributed by atoms with van der Waals surface area (Å²) >= 11 is 0. The van der Waals surface area contributed by atoms with Crippen LogP contribution < -0.4 is 20.9 Å². The van der Waals surface area contributed by atoms with Gasteiger partial charge in [-0.05, 0) is 97.2 Å². The summed E-state index contributed by atoms with van der Waals surface area (Å²) in [4.78, 5) is 0. The standard InChI is InChI=1S/C31H40N2O2/c1-2-3-4-5-23-6-8-24(9-7-23)25-10-12-26(13-11-25)31(35-30-20-16-28(33)17-21-30)22-34-29-18-14-27(32)15-19-29/h10-21,23-24,31H,2-9,22,32-33H2,1H3. The minimum absolute atomic E-state index is 0.237. The molecule has 4 nitrogen and oxygen atoms in total. The lowest BCUT2D eigenvalue weighted by Gasteiger charge is -2.29. The molecule has 1 atom stereocenters. The van der Waals surface area contributed by atoms with E-state index in [1.165, 1.54) is 56.9 Å². The molecule has 0 saturated heterocycles. The fourth-order valence-electron chi connectivity index (χ4n) is 5.10. The highest BCUT2D eigenvalue weighted by Crippen LogP contribution is 2.38. The number of nitrogen functional groups attached to an aromatic ring is 2. The van der Waals surface area contributed by atoms with E-state index in [2.05, 4.69) is 31.2 Å². The Bertz CT molecular complexity index is 1010. The second kappa shape index (κ2) is 12.5. The number of unbranched alkanes of at least 4 members (excludes halogenated alkanes) is 2. The van der Waals surface area contributed by atoms with Crippen molar-refractivity contribution in [2.24, 2.45) is 5.92 Å². The fourth-order valence-corrected chi connectivity index (χ4v) is 5.10. The minimum atomic E-state index is -0.237. The zero-order valence-corrected chi connectivity index (χ0v) is 21.0. The molecule has 0 aliphatic heterocycles. The van der Waals surface area contributed by atoms with Crippen molar-refractivity contribution in [3.8, 4) is 11.5 Å². The number of hydrogen-bond donors (Lipinski definition) is 2. The second-order valence-electron chi connectivity index (χ2n) is 9.94. The molecule has 0 heterocycles. The molecule has 0 radical (unpaired) electrons. The van der Waals surface area contributed by atoms with Crippen LogP contribution in [0.5, 0.6) is 11.5 Å². The van der Waals surface area contributed by atoms with E-state index in [1.807, 2.05) is 48.5 Å². The Hall–Kier alpha value is -3.14. The Morgan fingerprint density at radius 1 is 0.743 bits per heavy atom. The predicted molar refractivity (Wildman–Crippen MR) is 146 cm³/mol. The lowest BCUT2D eigenvalue weighted by atomic mass is 9.77. The van der Waals surface area contributed by atoms with Gasteiger partial charge in [-0.1, -0.05) is 56.9 Å². The second-order valence-corrected chi connectivity index (χ2v) is 9.94. The smallest absolute Gasteiger partial charge is 0.158 e. The van der Waals surface area contributed by atoms with Gasteiger partial charge < -0.3 is 20.9 Å². The van der Waals surface area contributed by atoms with Crippen LogP contribution in [0.3, 0.4) is 0 Å². The number of anilines is 2. The van der Waals surface area contributed by atoms with Gasteiger partial charge in [-0.15, -0.1) is 0 Å². The average molecular weight is 473 g/mol. The highest BCUT2D eigenvalue weighted by molar-refractivity contribution is 5.42. The molecule has 1 aliphatic rings. The molecule has 35 heavy (non-hydrogen) atoms. The van der Waals surface area contributed by atoms with Gasteiger partial charge >= 0.3 is 0 Å². The molecule has 186 valence electrons. The van der Waals surface area contributed by atoms with Crippen molar-refractivity contribution in [3.05, 3.63) is 83.9 Å². The van der Waals surface area contributed by atoms with E-state index in [-0.39, 0.29) is 6.10 Å². The van der Waals surface area contributed by atoms with Gasteiger partial charge in [0.2, 0.25) is 0 Å². The van der Waals surface area contributed by atoms with Gasteiger partial charge in [-0.3, -0.25) is 0 Å². The first kappa shape index (κ1) is 25.0. The summed E-state index contributed by atoms with van der Waals surface area (Å²) in [5, 5.41) is 0. The van der Waals surface area contributed by atoms with Gasteiger partial charge in [0.15, 0.2) is 6.10 Å². The van der Waals surface area contributed by atoms with Gasteiger partial charge in [0.1, 0.15) is 18.1 Å². The van der Waals surface area contributed by atoms with E-state index in [0.29, 0.717) is 12.5 Å². The lowest BCUT2D eigenvalue weighted by Crippen LogP contribution is -2.17. The van der Waals surface area contributed by atoms with Gasteiger partial charge in [-0.2, -0.15) is 0 Å². The molecule has 0 bridgehead atoms. The van der Waals surface area contributed by atoms with Crippen LogP contribution in [-0.2, 0) is 0 Å². The van der Waals surface area contributed by atoms with Crippen LogP contribution in [0.1, 0.15) is 81.4 Å². The number of benzene rings is 3. The third-order valence-corrected chi connectivity index (χ3v) is 7.28. The third-order valence-electron chi connectivity index (χ3n) is 7.28. The predicted octanol–water partition coefficient (Wildman–Crippen LogP) is 7.90. The van der Waals surface area contributed by atoms with Crippen molar-refractivity contribution in [1.29, 1.82) is 0 Å². The first-order chi connectivity index (χ1) is 17.1. The Morgan fingerprint density at radius 2 is 1.34 bits per heavy atom. The zero-order chi connectivity index (χ0) is 24.5. The Balaban J connectivity index is 1.40. The van der Waals surface area contributed by atoms with Crippen LogP contribution in [0.4, 0.5) is 11.4 Å². The monoisotopic (exact) mass is 472 g/mol. The van der Waals surface area contributed by atoms with E-state index in [9.17, 15) is 0 Å². The molecule has 4 rings (SSSR count). The third kappa shape index (κ3) is 7.42. The summed E-state index contributed by atoms with van der Waals surface area (Å²) in [5.74, 6) is 3.15. The maximum atomic E-state index is 6.34. The van der Waals surface area contributed by atoms with Crippen LogP contribution >= 0.6 is 0 Å². The highest BCUT2D eigenvalue weighted by Gasteiger charge is 2.23. The molecule has 0 amide bonds. The van der Waals surface area contributed by atoms with E-state index < -0.39 is 0 Å². The molecule has 1 fully saturated rings. The Labute approximate surface area is 210 Å². The first-order valence-corrected chi connectivity index (χ1v) is 13.2. The largest absolute Gasteiger partial charge is 0.489 e. The van der Waals surface area contributed by atoms with Crippen LogP contribution in [0.2, 0.25) is 0 Å². The molecule has 3 aromatic carbocycles. The minimum Gasteiger partial charge on any atom is -0.489 e. The number of nitrogens with two attached hydrogens (primary N) is 2. The van der Waals surface area contributed by atoms with Gasteiger partial charge in [-0.25, -0.2) is 0 Å². The van der Waals surface area contributed by atoms with Crippen LogP contribution in [0, 0.1) is 5.92 Å². The summed E-state index contributed by atoms with van der Waals surface area (Å²) in [6.07, 6.45) is 10.6. The van der Waals surface area contributed by atoms with E-state index in [4.69, 9.17) is 20.9 Å². The van der Waals surface area contributed by atoms with Crippen molar-refractivity contribution in [3.63, 3.8) is 0 Å². The van der Waals surface area contributed by atoms with E-state index >= 15 is 0 Å². The summed E-state index contributed by atoms with van der Waals surface area (Å²) < 4.78 is 12.4. The van der Waals surface area contributed by atoms with Crippen molar-refractivity contribution >= 4 is 11.4 Å². The lowest BCUT2D eigenvalue weighted by molar-refractivity contribution is 0.129. The van der Waals surface area contributed by atoms with Crippen molar-refractivity contribution in [2.45, 2.75) is 70.3 Å².